The number of hydrogen-bond donors (Lipinski definition) is 2. The Morgan fingerprint density at radius 3 is 2.62 bits per heavy atom. The second-order valence-electron chi connectivity index (χ2n) is 4.56. The van der Waals surface area contributed by atoms with Gasteiger partial charge in [-0.25, -0.2) is 4.79 Å². The fraction of sp³-hybridized carbons (Fsp3) is 0.200. The van der Waals surface area contributed by atoms with Crippen LogP contribution in [0.1, 0.15) is 33.4 Å². The van der Waals surface area contributed by atoms with Crippen molar-refractivity contribution in [2.45, 2.75) is 13.3 Å². The maximum absolute atomic E-state index is 12.5. The van der Waals surface area contributed by atoms with Gasteiger partial charge in [-0.3, -0.25) is 4.79 Å². The van der Waals surface area contributed by atoms with Crippen LogP contribution in [0.3, 0.4) is 0 Å². The Balaban J connectivity index is 2.43. The Labute approximate surface area is 121 Å². The third kappa shape index (κ3) is 2.74. The van der Waals surface area contributed by atoms with Crippen molar-refractivity contribution in [2.24, 2.45) is 0 Å². The summed E-state index contributed by atoms with van der Waals surface area (Å²) in [5.41, 5.74) is 6.61. The SMILES string of the molecule is CCc1occc1C(=O)N(C)c1ccc(N)cc1C(=O)O. The van der Waals surface area contributed by atoms with E-state index < -0.39 is 5.97 Å². The summed E-state index contributed by atoms with van der Waals surface area (Å²) in [6.07, 6.45) is 2.02. The second-order valence-corrected chi connectivity index (χ2v) is 4.56. The van der Waals surface area contributed by atoms with E-state index in [0.717, 1.165) is 0 Å². The van der Waals surface area contributed by atoms with Crippen molar-refractivity contribution in [3.63, 3.8) is 0 Å². The van der Waals surface area contributed by atoms with Crippen molar-refractivity contribution in [3.8, 4) is 0 Å². The molecule has 1 aromatic heterocycles. The van der Waals surface area contributed by atoms with E-state index in [9.17, 15) is 14.7 Å². The minimum absolute atomic E-state index is 0.0209. The Kier molecular flexibility index (Phi) is 3.98. The van der Waals surface area contributed by atoms with Crippen LogP contribution in [0.25, 0.3) is 0 Å². The fourth-order valence-electron chi connectivity index (χ4n) is 2.11. The van der Waals surface area contributed by atoms with E-state index in [-0.39, 0.29) is 17.2 Å². The number of amides is 1. The number of nitrogen functional groups attached to an aromatic ring is 1. The number of rotatable bonds is 4. The van der Waals surface area contributed by atoms with E-state index in [1.807, 2.05) is 6.92 Å². The number of carbonyl (C=O) groups is 2. The third-order valence-electron chi connectivity index (χ3n) is 3.21. The summed E-state index contributed by atoms with van der Waals surface area (Å²) in [6, 6.07) is 5.98. The highest BCUT2D eigenvalue weighted by atomic mass is 16.4. The lowest BCUT2D eigenvalue weighted by Crippen LogP contribution is -2.28. The lowest BCUT2D eigenvalue weighted by molar-refractivity contribution is 0.0698. The third-order valence-corrected chi connectivity index (χ3v) is 3.21. The number of carboxylic acid groups (broad SMARTS) is 1. The molecule has 0 aliphatic rings. The van der Waals surface area contributed by atoms with Crippen LogP contribution in [-0.2, 0) is 6.42 Å². The Hall–Kier alpha value is -2.76. The molecule has 0 aliphatic carbocycles. The largest absolute Gasteiger partial charge is 0.478 e. The number of carboxylic acids is 1. The van der Waals surface area contributed by atoms with Gasteiger partial charge in [0.25, 0.3) is 5.91 Å². The smallest absolute Gasteiger partial charge is 0.337 e. The molecule has 1 amide bonds. The molecule has 0 aliphatic heterocycles. The van der Waals surface area contributed by atoms with E-state index in [1.54, 1.807) is 12.1 Å². The van der Waals surface area contributed by atoms with Gasteiger partial charge in [-0.15, -0.1) is 0 Å². The first-order valence-corrected chi connectivity index (χ1v) is 6.43. The highest BCUT2D eigenvalue weighted by Crippen LogP contribution is 2.25. The van der Waals surface area contributed by atoms with Gasteiger partial charge in [0.15, 0.2) is 0 Å². The number of carbonyl (C=O) groups excluding carboxylic acids is 1. The molecule has 110 valence electrons. The van der Waals surface area contributed by atoms with Crippen molar-refractivity contribution in [1.29, 1.82) is 0 Å². The summed E-state index contributed by atoms with van der Waals surface area (Å²) in [5, 5.41) is 9.24. The van der Waals surface area contributed by atoms with E-state index in [1.165, 1.54) is 30.3 Å². The summed E-state index contributed by atoms with van der Waals surface area (Å²) >= 11 is 0. The molecule has 2 aromatic rings. The fourth-order valence-corrected chi connectivity index (χ4v) is 2.11. The monoisotopic (exact) mass is 288 g/mol. The molecule has 0 saturated heterocycles. The van der Waals surface area contributed by atoms with E-state index >= 15 is 0 Å². The number of nitrogens with zero attached hydrogens (tertiary/aromatic N) is 1. The highest BCUT2D eigenvalue weighted by Gasteiger charge is 2.22. The predicted octanol–water partition coefficient (Wildman–Crippen LogP) is 2.40. The van der Waals surface area contributed by atoms with E-state index in [4.69, 9.17) is 10.2 Å². The quantitative estimate of drug-likeness (QED) is 0.842. The van der Waals surface area contributed by atoms with E-state index in [2.05, 4.69) is 0 Å². The topological polar surface area (TPSA) is 96.8 Å². The summed E-state index contributed by atoms with van der Waals surface area (Å²) in [6.45, 7) is 1.88. The number of furan rings is 1. The Bertz CT molecular complexity index is 691. The minimum Gasteiger partial charge on any atom is -0.478 e. The first kappa shape index (κ1) is 14.6. The van der Waals surface area contributed by atoms with Gasteiger partial charge in [0, 0.05) is 19.2 Å². The molecule has 0 bridgehead atoms. The van der Waals surface area contributed by atoms with Crippen LogP contribution < -0.4 is 10.6 Å². The molecule has 0 saturated carbocycles. The Morgan fingerprint density at radius 1 is 1.29 bits per heavy atom. The van der Waals surface area contributed by atoms with Crippen LogP contribution in [0.5, 0.6) is 0 Å². The molecule has 1 heterocycles. The molecular weight excluding hydrogens is 272 g/mol. The van der Waals surface area contributed by atoms with Gasteiger partial charge in [-0.05, 0) is 24.3 Å². The Morgan fingerprint density at radius 2 is 2.00 bits per heavy atom. The number of anilines is 2. The summed E-state index contributed by atoms with van der Waals surface area (Å²) in [5.74, 6) is -0.896. The average molecular weight is 288 g/mol. The van der Waals surface area contributed by atoms with Crippen LogP contribution in [0.4, 0.5) is 11.4 Å². The van der Waals surface area contributed by atoms with Gasteiger partial charge in [0.05, 0.1) is 23.1 Å². The normalized spacial score (nSPS) is 10.4. The molecule has 21 heavy (non-hydrogen) atoms. The van der Waals surface area contributed by atoms with Crippen molar-refractivity contribution in [3.05, 3.63) is 47.4 Å². The second kappa shape index (κ2) is 5.70. The zero-order chi connectivity index (χ0) is 15.6. The summed E-state index contributed by atoms with van der Waals surface area (Å²) in [4.78, 5) is 25.1. The molecule has 1 aromatic carbocycles. The standard InChI is InChI=1S/C15H16N2O4/c1-3-13-10(6-7-21-13)14(18)17(2)12-5-4-9(16)8-11(12)15(19)20/h4-8H,3,16H2,1-2H3,(H,19,20). The number of hydrogen-bond acceptors (Lipinski definition) is 4. The highest BCUT2D eigenvalue weighted by molar-refractivity contribution is 6.09. The average Bonchev–Trinajstić information content (AvgIpc) is 2.94. The van der Waals surface area contributed by atoms with Gasteiger partial charge in [0.2, 0.25) is 0 Å². The van der Waals surface area contributed by atoms with Crippen LogP contribution in [0.15, 0.2) is 34.9 Å². The molecule has 0 spiro atoms. The number of benzene rings is 1. The molecule has 3 N–H and O–H groups in total. The zero-order valence-electron chi connectivity index (χ0n) is 11.8. The first-order valence-electron chi connectivity index (χ1n) is 6.43. The molecule has 6 nitrogen and oxygen atoms in total. The molecule has 0 fully saturated rings. The van der Waals surface area contributed by atoms with Gasteiger partial charge in [-0.1, -0.05) is 6.92 Å². The van der Waals surface area contributed by atoms with Crippen LogP contribution in [0, 0.1) is 0 Å². The molecule has 0 radical (unpaired) electrons. The number of nitrogens with two attached hydrogens (primary N) is 1. The van der Waals surface area contributed by atoms with Crippen molar-refractivity contribution < 1.29 is 19.1 Å². The van der Waals surface area contributed by atoms with Crippen LogP contribution in [-0.4, -0.2) is 24.0 Å². The zero-order valence-corrected chi connectivity index (χ0v) is 11.8. The van der Waals surface area contributed by atoms with Crippen molar-refractivity contribution >= 4 is 23.3 Å². The number of aromatic carboxylic acids is 1. The maximum Gasteiger partial charge on any atom is 0.337 e. The summed E-state index contributed by atoms with van der Waals surface area (Å²) < 4.78 is 5.23. The van der Waals surface area contributed by atoms with Gasteiger partial charge < -0.3 is 20.2 Å². The first-order chi connectivity index (χ1) is 9.95. The van der Waals surface area contributed by atoms with E-state index in [0.29, 0.717) is 23.4 Å². The molecular formula is C15H16N2O4. The van der Waals surface area contributed by atoms with Gasteiger partial charge in [-0.2, -0.15) is 0 Å². The number of aryl methyl sites for hydroxylation is 1. The van der Waals surface area contributed by atoms with Crippen molar-refractivity contribution in [2.75, 3.05) is 17.7 Å². The van der Waals surface area contributed by atoms with Gasteiger partial charge in [0.1, 0.15) is 5.76 Å². The van der Waals surface area contributed by atoms with Crippen LogP contribution >= 0.6 is 0 Å². The lowest BCUT2D eigenvalue weighted by Gasteiger charge is -2.19. The molecule has 0 atom stereocenters. The lowest BCUT2D eigenvalue weighted by atomic mass is 10.1. The minimum atomic E-state index is -1.14. The van der Waals surface area contributed by atoms with Crippen LogP contribution in [0.2, 0.25) is 0 Å². The molecule has 6 heteroatoms. The van der Waals surface area contributed by atoms with Crippen molar-refractivity contribution in [1.82, 2.24) is 0 Å². The summed E-state index contributed by atoms with van der Waals surface area (Å²) in [7, 11) is 1.52. The maximum atomic E-state index is 12.5. The molecule has 2 rings (SSSR count). The molecule has 0 unspecified atom stereocenters. The van der Waals surface area contributed by atoms with Gasteiger partial charge >= 0.3 is 5.97 Å². The predicted molar refractivity (Wildman–Crippen MR) is 78.6 cm³/mol.